The zero-order chi connectivity index (χ0) is 17.8. The van der Waals surface area contributed by atoms with Gasteiger partial charge in [0.25, 0.3) is 0 Å². The Bertz CT molecular complexity index is 865. The van der Waals surface area contributed by atoms with Gasteiger partial charge in [0, 0.05) is 37.1 Å². The summed E-state index contributed by atoms with van der Waals surface area (Å²) >= 11 is 1.62. The molecule has 0 bridgehead atoms. The second-order valence-corrected chi connectivity index (χ2v) is 6.89. The molecule has 3 aromatic rings. The number of thiophene rings is 1. The minimum Gasteiger partial charge on any atom is -0.463 e. The molecule has 7 heteroatoms. The highest BCUT2D eigenvalue weighted by Crippen LogP contribution is 2.19. The van der Waals surface area contributed by atoms with Crippen molar-refractivity contribution in [2.75, 3.05) is 31.1 Å². The van der Waals surface area contributed by atoms with Crippen LogP contribution in [0.5, 0.6) is 0 Å². The van der Waals surface area contributed by atoms with Gasteiger partial charge in [0.2, 0.25) is 5.91 Å². The van der Waals surface area contributed by atoms with Crippen molar-refractivity contribution in [3.05, 3.63) is 59.0 Å². The Balaban J connectivity index is 1.34. The van der Waals surface area contributed by atoms with Crippen LogP contribution in [0.15, 0.2) is 58.5 Å². The minimum absolute atomic E-state index is 0.0531. The lowest BCUT2D eigenvalue weighted by atomic mass is 10.2. The van der Waals surface area contributed by atoms with Crippen LogP contribution in [0.2, 0.25) is 0 Å². The van der Waals surface area contributed by atoms with E-state index >= 15 is 0 Å². The molecule has 0 unspecified atom stereocenters. The Kier molecular flexibility index (Phi) is 4.79. The van der Waals surface area contributed by atoms with E-state index < -0.39 is 0 Å². The number of hydrogen-bond donors (Lipinski definition) is 0. The van der Waals surface area contributed by atoms with E-state index in [1.54, 1.807) is 23.7 Å². The number of carbonyl (C=O) groups is 1. The molecule has 0 aliphatic carbocycles. The summed E-state index contributed by atoms with van der Waals surface area (Å²) in [6.07, 6.45) is 5.14. The first-order valence-electron chi connectivity index (χ1n) is 8.43. The van der Waals surface area contributed by atoms with Gasteiger partial charge in [-0.3, -0.25) is 4.79 Å². The van der Waals surface area contributed by atoms with E-state index in [4.69, 9.17) is 4.42 Å². The van der Waals surface area contributed by atoms with Gasteiger partial charge in [-0.1, -0.05) is 6.07 Å². The van der Waals surface area contributed by atoms with Crippen LogP contribution in [-0.4, -0.2) is 47.2 Å². The van der Waals surface area contributed by atoms with E-state index in [1.165, 1.54) is 0 Å². The minimum atomic E-state index is 0.0531. The molecule has 1 aliphatic heterocycles. The summed E-state index contributed by atoms with van der Waals surface area (Å²) < 4.78 is 5.33. The molecule has 0 spiro atoms. The first-order chi connectivity index (χ1) is 12.8. The summed E-state index contributed by atoms with van der Waals surface area (Å²) in [5.41, 5.74) is 0.714. The maximum atomic E-state index is 12.3. The standard InChI is InChI=1S/C19H18N4O2S/c24-19(8-5-15-3-2-14-26-15)23-11-9-22(10-12-23)18-7-6-16(20-21-18)17-4-1-13-25-17/h1-8,13-14H,9-12H2/b8-5+. The second kappa shape index (κ2) is 7.53. The molecule has 26 heavy (non-hydrogen) atoms. The van der Waals surface area contributed by atoms with Gasteiger partial charge in [0.1, 0.15) is 5.69 Å². The Hall–Kier alpha value is -2.93. The summed E-state index contributed by atoms with van der Waals surface area (Å²) in [5, 5.41) is 10.5. The number of carbonyl (C=O) groups excluding carboxylic acids is 1. The Morgan fingerprint density at radius 3 is 2.62 bits per heavy atom. The van der Waals surface area contributed by atoms with Gasteiger partial charge in [-0.15, -0.1) is 21.5 Å². The number of piperazine rings is 1. The molecule has 1 fully saturated rings. The first-order valence-corrected chi connectivity index (χ1v) is 9.30. The lowest BCUT2D eigenvalue weighted by Gasteiger charge is -2.34. The normalized spacial score (nSPS) is 14.9. The fraction of sp³-hybridized carbons (Fsp3) is 0.211. The van der Waals surface area contributed by atoms with Crippen molar-refractivity contribution in [1.29, 1.82) is 0 Å². The number of furan rings is 1. The molecule has 4 rings (SSSR count). The van der Waals surface area contributed by atoms with Gasteiger partial charge in [-0.2, -0.15) is 0 Å². The van der Waals surface area contributed by atoms with Gasteiger partial charge in [0.05, 0.1) is 6.26 Å². The molecule has 0 atom stereocenters. The van der Waals surface area contributed by atoms with E-state index in [0.29, 0.717) is 24.5 Å². The third-order valence-electron chi connectivity index (χ3n) is 4.27. The van der Waals surface area contributed by atoms with Gasteiger partial charge in [0.15, 0.2) is 11.6 Å². The Morgan fingerprint density at radius 1 is 1.08 bits per heavy atom. The van der Waals surface area contributed by atoms with Crippen LogP contribution in [0.1, 0.15) is 4.88 Å². The number of amides is 1. The average molecular weight is 366 g/mol. The van der Waals surface area contributed by atoms with Crippen LogP contribution in [-0.2, 0) is 4.79 Å². The van der Waals surface area contributed by atoms with Crippen LogP contribution in [0.25, 0.3) is 17.5 Å². The molecular formula is C19H18N4O2S. The molecule has 0 N–H and O–H groups in total. The highest BCUT2D eigenvalue weighted by Gasteiger charge is 2.21. The van der Waals surface area contributed by atoms with Crippen LogP contribution < -0.4 is 4.90 Å². The maximum Gasteiger partial charge on any atom is 0.246 e. The highest BCUT2D eigenvalue weighted by molar-refractivity contribution is 7.10. The summed E-state index contributed by atoms with van der Waals surface area (Å²) in [6, 6.07) is 11.5. The van der Waals surface area contributed by atoms with Crippen molar-refractivity contribution < 1.29 is 9.21 Å². The van der Waals surface area contributed by atoms with Gasteiger partial charge in [-0.05, 0) is 41.8 Å². The fourth-order valence-corrected chi connectivity index (χ4v) is 3.47. The van der Waals surface area contributed by atoms with E-state index in [2.05, 4.69) is 15.1 Å². The molecule has 1 aliphatic rings. The molecule has 132 valence electrons. The molecule has 0 saturated carbocycles. The van der Waals surface area contributed by atoms with Crippen molar-refractivity contribution in [3.8, 4) is 11.5 Å². The molecule has 1 amide bonds. The number of hydrogen-bond acceptors (Lipinski definition) is 6. The van der Waals surface area contributed by atoms with Gasteiger partial charge < -0.3 is 14.2 Å². The molecule has 6 nitrogen and oxygen atoms in total. The van der Waals surface area contributed by atoms with E-state index in [-0.39, 0.29) is 5.91 Å². The van der Waals surface area contributed by atoms with Crippen LogP contribution >= 0.6 is 11.3 Å². The maximum absolute atomic E-state index is 12.3. The molecule has 1 saturated heterocycles. The predicted molar refractivity (Wildman–Crippen MR) is 102 cm³/mol. The zero-order valence-corrected chi connectivity index (χ0v) is 14.9. The monoisotopic (exact) mass is 366 g/mol. The third-order valence-corrected chi connectivity index (χ3v) is 5.11. The summed E-state index contributed by atoms with van der Waals surface area (Å²) in [6.45, 7) is 2.84. The van der Waals surface area contributed by atoms with Crippen LogP contribution in [0.3, 0.4) is 0 Å². The fourth-order valence-electron chi connectivity index (χ4n) is 2.85. The van der Waals surface area contributed by atoms with Crippen molar-refractivity contribution >= 4 is 29.1 Å². The van der Waals surface area contributed by atoms with Crippen molar-refractivity contribution in [2.24, 2.45) is 0 Å². The Labute approximate surface area is 155 Å². The zero-order valence-electron chi connectivity index (χ0n) is 14.1. The number of nitrogens with zero attached hydrogens (tertiary/aromatic N) is 4. The quantitative estimate of drug-likeness (QED) is 0.664. The van der Waals surface area contributed by atoms with Crippen LogP contribution in [0, 0.1) is 0 Å². The number of rotatable bonds is 4. The average Bonchev–Trinajstić information content (AvgIpc) is 3.40. The SMILES string of the molecule is O=C(/C=C/c1cccs1)N1CCN(c2ccc(-c3ccco3)nn2)CC1. The summed E-state index contributed by atoms with van der Waals surface area (Å²) in [5.74, 6) is 1.58. The topological polar surface area (TPSA) is 62.5 Å². The molecule has 0 aromatic carbocycles. The smallest absolute Gasteiger partial charge is 0.246 e. The Morgan fingerprint density at radius 2 is 1.96 bits per heavy atom. The molecular weight excluding hydrogens is 348 g/mol. The third kappa shape index (κ3) is 3.67. The van der Waals surface area contributed by atoms with E-state index in [1.807, 2.05) is 52.8 Å². The van der Waals surface area contributed by atoms with Crippen molar-refractivity contribution in [1.82, 2.24) is 15.1 Å². The summed E-state index contributed by atoms with van der Waals surface area (Å²) in [7, 11) is 0. The number of aromatic nitrogens is 2. The molecule has 4 heterocycles. The van der Waals surface area contributed by atoms with Gasteiger partial charge in [-0.25, -0.2) is 0 Å². The molecule has 0 radical (unpaired) electrons. The van der Waals surface area contributed by atoms with Crippen molar-refractivity contribution in [2.45, 2.75) is 0 Å². The first kappa shape index (κ1) is 16.5. The second-order valence-electron chi connectivity index (χ2n) is 5.92. The van der Waals surface area contributed by atoms with Crippen LogP contribution in [0.4, 0.5) is 5.82 Å². The predicted octanol–water partition coefficient (Wildman–Crippen LogP) is 3.16. The van der Waals surface area contributed by atoms with E-state index in [0.717, 1.165) is 23.8 Å². The van der Waals surface area contributed by atoms with Gasteiger partial charge >= 0.3 is 0 Å². The van der Waals surface area contributed by atoms with Crippen molar-refractivity contribution in [3.63, 3.8) is 0 Å². The largest absolute Gasteiger partial charge is 0.463 e. The highest BCUT2D eigenvalue weighted by atomic mass is 32.1. The summed E-state index contributed by atoms with van der Waals surface area (Å²) in [4.78, 5) is 17.4. The van der Waals surface area contributed by atoms with E-state index in [9.17, 15) is 4.79 Å². The molecule has 3 aromatic heterocycles. The lowest BCUT2D eigenvalue weighted by Crippen LogP contribution is -2.48. The lowest BCUT2D eigenvalue weighted by molar-refractivity contribution is -0.126. The number of anilines is 1.